The van der Waals surface area contributed by atoms with Crippen molar-refractivity contribution in [2.75, 3.05) is 31.6 Å². The molecule has 2 saturated heterocycles. The molecule has 0 bridgehead atoms. The summed E-state index contributed by atoms with van der Waals surface area (Å²) in [5, 5.41) is 17.4. The van der Waals surface area contributed by atoms with Crippen LogP contribution in [0.5, 0.6) is 0 Å². The van der Waals surface area contributed by atoms with Gasteiger partial charge >= 0.3 is 0 Å². The number of hydrogen-bond donors (Lipinski definition) is 3. The van der Waals surface area contributed by atoms with Crippen molar-refractivity contribution < 1.29 is 14.6 Å². The topological polar surface area (TPSA) is 118 Å². The van der Waals surface area contributed by atoms with E-state index in [-0.39, 0.29) is 41.0 Å². The third kappa shape index (κ3) is 3.03. The van der Waals surface area contributed by atoms with E-state index in [2.05, 4.69) is 20.6 Å². The molecule has 2 atom stereocenters. The average Bonchev–Trinajstić information content (AvgIpc) is 2.63. The number of aromatic nitrogens is 3. The molecule has 4 heterocycles. The van der Waals surface area contributed by atoms with E-state index in [4.69, 9.17) is 4.74 Å². The number of aliphatic hydroxyl groups is 1. The molecular weight excluding hydrogens is 386 g/mol. The van der Waals surface area contributed by atoms with Crippen molar-refractivity contribution >= 4 is 22.8 Å². The van der Waals surface area contributed by atoms with Gasteiger partial charge < -0.3 is 20.5 Å². The number of Topliss-reactive ketones (excluding diaryl/α,β-unsaturated/α-hetero) is 1. The molecule has 0 radical (unpaired) electrons. The number of aliphatic hydroxyl groups excluding tert-OH is 1. The maximum Gasteiger partial charge on any atom is 0.263 e. The van der Waals surface area contributed by atoms with E-state index in [1.807, 2.05) is 0 Å². The number of carbonyl (C=O) groups is 1. The zero-order valence-electron chi connectivity index (χ0n) is 17.3. The molecule has 30 heavy (non-hydrogen) atoms. The van der Waals surface area contributed by atoms with Crippen LogP contribution in [0, 0.1) is 12.3 Å². The van der Waals surface area contributed by atoms with Gasteiger partial charge in [-0.2, -0.15) is 4.98 Å². The normalized spacial score (nSPS) is 25.7. The molecule has 2 aromatic heterocycles. The van der Waals surface area contributed by atoms with Gasteiger partial charge in [-0.25, -0.2) is 4.98 Å². The second kappa shape index (κ2) is 7.11. The third-order valence-corrected chi connectivity index (χ3v) is 6.90. The predicted molar refractivity (Wildman–Crippen MR) is 111 cm³/mol. The SMILES string of the molecule is CC(=O)c1c(C)c2cnc(N[C@@H]3CCOC[C@H]3O)nc2n(C2CC3(CNC3)C2)c1=O. The number of hydrogen-bond acceptors (Lipinski definition) is 8. The summed E-state index contributed by atoms with van der Waals surface area (Å²) in [6.45, 7) is 6.00. The lowest BCUT2D eigenvalue weighted by Gasteiger charge is -2.54. The molecule has 160 valence electrons. The molecule has 2 aliphatic heterocycles. The lowest BCUT2D eigenvalue weighted by atomic mass is 9.61. The molecule has 1 saturated carbocycles. The van der Waals surface area contributed by atoms with Crippen LogP contribution < -0.4 is 16.2 Å². The molecule has 3 N–H and O–H groups in total. The van der Waals surface area contributed by atoms with E-state index in [9.17, 15) is 14.7 Å². The summed E-state index contributed by atoms with van der Waals surface area (Å²) in [4.78, 5) is 34.7. The Morgan fingerprint density at radius 2 is 2.17 bits per heavy atom. The maximum absolute atomic E-state index is 13.3. The van der Waals surface area contributed by atoms with Crippen LogP contribution in [0.1, 0.15) is 48.1 Å². The predicted octanol–water partition coefficient (Wildman–Crippen LogP) is 0.789. The third-order valence-electron chi connectivity index (χ3n) is 6.90. The molecule has 3 fully saturated rings. The first-order valence-corrected chi connectivity index (χ1v) is 10.5. The van der Waals surface area contributed by atoms with Crippen LogP contribution in [0.25, 0.3) is 11.0 Å². The number of ether oxygens (including phenoxy) is 1. The summed E-state index contributed by atoms with van der Waals surface area (Å²) in [7, 11) is 0. The molecule has 0 aromatic carbocycles. The van der Waals surface area contributed by atoms with Gasteiger partial charge in [-0.15, -0.1) is 0 Å². The number of aryl methyl sites for hydroxylation is 1. The first-order chi connectivity index (χ1) is 14.4. The maximum atomic E-state index is 13.3. The van der Waals surface area contributed by atoms with Gasteiger partial charge in [0.15, 0.2) is 5.78 Å². The minimum Gasteiger partial charge on any atom is -0.389 e. The second-order valence-electron chi connectivity index (χ2n) is 9.01. The fourth-order valence-corrected chi connectivity index (χ4v) is 5.10. The van der Waals surface area contributed by atoms with Crippen LogP contribution in [-0.2, 0) is 4.74 Å². The standard InChI is InChI=1S/C21H27N5O4/c1-11-14-7-23-20(24-15-3-4-30-8-16(15)28)25-18(14)26(19(29)17(11)12(2)27)13-5-21(6-13)9-22-10-21/h7,13,15-16,22,28H,3-6,8-10H2,1-2H3,(H,23,24,25)/t15-,16-/m1/s1. The van der Waals surface area contributed by atoms with Gasteiger partial charge in [0.25, 0.3) is 5.56 Å². The van der Waals surface area contributed by atoms with E-state index >= 15 is 0 Å². The molecule has 1 spiro atoms. The summed E-state index contributed by atoms with van der Waals surface area (Å²) in [6.07, 6.45) is 3.49. The minimum absolute atomic E-state index is 0.0252. The molecule has 3 aliphatic rings. The highest BCUT2D eigenvalue weighted by Gasteiger charge is 2.50. The van der Waals surface area contributed by atoms with E-state index in [0.29, 0.717) is 35.6 Å². The van der Waals surface area contributed by atoms with E-state index in [1.165, 1.54) is 6.92 Å². The number of rotatable bonds is 4. The zero-order valence-corrected chi connectivity index (χ0v) is 17.3. The molecular formula is C21H27N5O4. The zero-order chi connectivity index (χ0) is 21.0. The summed E-state index contributed by atoms with van der Waals surface area (Å²) >= 11 is 0. The Kier molecular flexibility index (Phi) is 4.64. The van der Waals surface area contributed by atoms with Gasteiger partial charge in [-0.3, -0.25) is 14.2 Å². The van der Waals surface area contributed by atoms with Crippen molar-refractivity contribution in [1.29, 1.82) is 0 Å². The van der Waals surface area contributed by atoms with Crippen molar-refractivity contribution in [1.82, 2.24) is 19.9 Å². The molecule has 5 rings (SSSR count). The van der Waals surface area contributed by atoms with Gasteiger partial charge in [0.05, 0.1) is 24.3 Å². The fraction of sp³-hybridized carbons (Fsp3) is 0.619. The van der Waals surface area contributed by atoms with E-state index in [0.717, 1.165) is 25.9 Å². The first kappa shape index (κ1) is 19.6. The van der Waals surface area contributed by atoms with E-state index < -0.39 is 6.10 Å². The Morgan fingerprint density at radius 3 is 2.80 bits per heavy atom. The Hall–Kier alpha value is -2.36. The highest BCUT2D eigenvalue weighted by molar-refractivity contribution is 5.99. The molecule has 2 aromatic rings. The lowest BCUT2D eigenvalue weighted by Crippen LogP contribution is -2.61. The van der Waals surface area contributed by atoms with Crippen LogP contribution >= 0.6 is 0 Å². The molecule has 1 aliphatic carbocycles. The van der Waals surface area contributed by atoms with Crippen LogP contribution in [0.2, 0.25) is 0 Å². The smallest absolute Gasteiger partial charge is 0.263 e. The Bertz CT molecular complexity index is 1070. The Balaban J connectivity index is 1.59. The highest BCUT2D eigenvalue weighted by atomic mass is 16.5. The highest BCUT2D eigenvalue weighted by Crippen LogP contribution is 2.51. The second-order valence-corrected chi connectivity index (χ2v) is 9.01. The Morgan fingerprint density at radius 1 is 1.40 bits per heavy atom. The number of fused-ring (bicyclic) bond motifs is 1. The van der Waals surface area contributed by atoms with Crippen LogP contribution in [-0.4, -0.2) is 63.9 Å². The molecule has 0 amide bonds. The first-order valence-electron chi connectivity index (χ1n) is 10.5. The fourth-order valence-electron chi connectivity index (χ4n) is 5.10. The number of pyridine rings is 1. The van der Waals surface area contributed by atoms with Gasteiger partial charge in [0, 0.05) is 37.3 Å². The quantitative estimate of drug-likeness (QED) is 0.630. The van der Waals surface area contributed by atoms with Crippen molar-refractivity contribution in [3.05, 3.63) is 27.7 Å². The van der Waals surface area contributed by atoms with Crippen LogP contribution in [0.4, 0.5) is 5.95 Å². The number of anilines is 1. The lowest BCUT2D eigenvalue weighted by molar-refractivity contribution is -0.0136. The van der Waals surface area contributed by atoms with E-state index in [1.54, 1.807) is 17.7 Å². The monoisotopic (exact) mass is 413 g/mol. The Labute approximate surface area is 173 Å². The number of nitrogens with one attached hydrogen (secondary N) is 2. The van der Waals surface area contributed by atoms with Gasteiger partial charge in [-0.05, 0) is 44.1 Å². The molecule has 9 heteroatoms. The van der Waals surface area contributed by atoms with Gasteiger partial charge in [-0.1, -0.05) is 0 Å². The summed E-state index contributed by atoms with van der Waals surface area (Å²) in [5.74, 6) is 0.135. The van der Waals surface area contributed by atoms with Crippen molar-refractivity contribution in [3.8, 4) is 0 Å². The summed E-state index contributed by atoms with van der Waals surface area (Å²) < 4.78 is 6.99. The largest absolute Gasteiger partial charge is 0.389 e. The molecule has 0 unspecified atom stereocenters. The van der Waals surface area contributed by atoms with Gasteiger partial charge in [0.2, 0.25) is 5.95 Å². The van der Waals surface area contributed by atoms with Crippen LogP contribution in [0.15, 0.2) is 11.0 Å². The van der Waals surface area contributed by atoms with Crippen molar-refractivity contribution in [3.63, 3.8) is 0 Å². The van der Waals surface area contributed by atoms with Crippen molar-refractivity contribution in [2.24, 2.45) is 5.41 Å². The van der Waals surface area contributed by atoms with Crippen LogP contribution in [0.3, 0.4) is 0 Å². The number of ketones is 1. The van der Waals surface area contributed by atoms with Crippen molar-refractivity contribution in [2.45, 2.75) is 51.3 Å². The van der Waals surface area contributed by atoms with Gasteiger partial charge in [0.1, 0.15) is 5.65 Å². The number of carbonyl (C=O) groups excluding carboxylic acids is 1. The minimum atomic E-state index is -0.639. The number of nitrogens with zero attached hydrogens (tertiary/aromatic N) is 3. The summed E-state index contributed by atoms with van der Waals surface area (Å²) in [6, 6.07) is -0.181. The molecule has 9 nitrogen and oxygen atoms in total. The average molecular weight is 413 g/mol. The summed E-state index contributed by atoms with van der Waals surface area (Å²) in [5.41, 5.74) is 1.40.